The van der Waals surface area contributed by atoms with Crippen molar-refractivity contribution < 1.29 is 5.21 Å². The van der Waals surface area contributed by atoms with Crippen molar-refractivity contribution in [2.45, 2.75) is 32.2 Å². The van der Waals surface area contributed by atoms with E-state index in [1.165, 1.54) is 29.7 Å². The molecule has 1 heterocycles. The van der Waals surface area contributed by atoms with Gasteiger partial charge in [-0.2, -0.15) is 0 Å². The molecule has 0 amide bonds. The van der Waals surface area contributed by atoms with Crippen LogP contribution in [0.1, 0.15) is 36.2 Å². The van der Waals surface area contributed by atoms with Crippen LogP contribution in [0, 0.1) is 5.92 Å². The Morgan fingerprint density at radius 1 is 1.76 bits per heavy atom. The molecule has 0 saturated carbocycles. The molecular weight excluding hydrogens is 234 g/mol. The summed E-state index contributed by atoms with van der Waals surface area (Å²) in [7, 11) is 0. The number of oxime groups is 1. The molecule has 0 bridgehead atoms. The van der Waals surface area contributed by atoms with Crippen LogP contribution in [0.25, 0.3) is 0 Å². The van der Waals surface area contributed by atoms with Gasteiger partial charge >= 0.3 is 0 Å². The molecule has 1 aromatic rings. The van der Waals surface area contributed by atoms with E-state index in [4.69, 9.17) is 10.9 Å². The Bertz CT molecular complexity index is 402. The second kappa shape index (κ2) is 5.51. The molecule has 1 aromatic heterocycles. The lowest BCUT2D eigenvalue weighted by atomic mass is 9.93. The normalized spacial score (nSPS) is 22.2. The molecule has 5 heteroatoms. The van der Waals surface area contributed by atoms with Gasteiger partial charge in [0, 0.05) is 23.4 Å². The van der Waals surface area contributed by atoms with Crippen LogP contribution in [-0.4, -0.2) is 17.6 Å². The van der Waals surface area contributed by atoms with Crippen molar-refractivity contribution in [3.05, 3.63) is 21.9 Å². The Kier molecular flexibility index (Phi) is 4.02. The zero-order valence-electron chi connectivity index (χ0n) is 10.0. The average Bonchev–Trinajstić information content (AvgIpc) is 2.83. The monoisotopic (exact) mass is 253 g/mol. The van der Waals surface area contributed by atoms with Crippen molar-refractivity contribution in [3.63, 3.8) is 0 Å². The second-order valence-corrected chi connectivity index (χ2v) is 5.58. The van der Waals surface area contributed by atoms with Gasteiger partial charge in [0.25, 0.3) is 0 Å². The van der Waals surface area contributed by atoms with Gasteiger partial charge in [-0.05, 0) is 36.3 Å². The van der Waals surface area contributed by atoms with Crippen molar-refractivity contribution in [2.24, 2.45) is 16.8 Å². The molecule has 94 valence electrons. The van der Waals surface area contributed by atoms with Gasteiger partial charge in [-0.15, -0.1) is 11.3 Å². The highest BCUT2D eigenvalue weighted by atomic mass is 32.1. The Hall–Kier alpha value is -1.07. The van der Waals surface area contributed by atoms with Crippen molar-refractivity contribution >= 4 is 17.2 Å². The number of amidine groups is 1. The van der Waals surface area contributed by atoms with Gasteiger partial charge in [0.1, 0.15) is 5.84 Å². The quantitative estimate of drug-likeness (QED) is 0.333. The number of nitrogens with one attached hydrogen (secondary N) is 1. The lowest BCUT2D eigenvalue weighted by molar-refractivity contribution is 0.313. The number of nitrogens with zero attached hydrogens (tertiary/aromatic N) is 1. The molecule has 4 N–H and O–H groups in total. The maximum absolute atomic E-state index is 8.60. The third kappa shape index (κ3) is 2.79. The van der Waals surface area contributed by atoms with Crippen LogP contribution in [0.5, 0.6) is 0 Å². The molecule has 1 aliphatic carbocycles. The largest absolute Gasteiger partial charge is 0.409 e. The first-order valence-corrected chi connectivity index (χ1v) is 6.87. The van der Waals surface area contributed by atoms with E-state index in [0.717, 1.165) is 6.54 Å². The van der Waals surface area contributed by atoms with Crippen LogP contribution in [-0.2, 0) is 6.42 Å². The van der Waals surface area contributed by atoms with Gasteiger partial charge in [0.15, 0.2) is 0 Å². The van der Waals surface area contributed by atoms with Crippen molar-refractivity contribution in [1.82, 2.24) is 5.32 Å². The molecule has 0 aromatic carbocycles. The summed E-state index contributed by atoms with van der Waals surface area (Å²) < 4.78 is 0. The number of rotatable bonds is 4. The maximum atomic E-state index is 8.60. The Balaban J connectivity index is 1.94. The van der Waals surface area contributed by atoms with E-state index in [0.29, 0.717) is 11.9 Å². The summed E-state index contributed by atoms with van der Waals surface area (Å²) in [5.74, 6) is 0.350. The minimum atomic E-state index is 0.0593. The standard InChI is InChI=1S/C12H19N3OS/c1-8(12(13)15-16)7-14-10-3-2-4-11-9(10)5-6-17-11/h5-6,8,10,14,16H,2-4,7H2,1H3,(H2,13,15). The van der Waals surface area contributed by atoms with Gasteiger partial charge in [-0.3, -0.25) is 0 Å². The molecule has 0 saturated heterocycles. The Morgan fingerprint density at radius 3 is 3.35 bits per heavy atom. The van der Waals surface area contributed by atoms with Gasteiger partial charge in [0.05, 0.1) is 0 Å². The molecule has 2 atom stereocenters. The highest BCUT2D eigenvalue weighted by Gasteiger charge is 2.21. The summed E-state index contributed by atoms with van der Waals surface area (Å²) in [4.78, 5) is 1.50. The van der Waals surface area contributed by atoms with Gasteiger partial charge < -0.3 is 16.3 Å². The number of nitrogens with two attached hydrogens (primary N) is 1. The summed E-state index contributed by atoms with van der Waals surface area (Å²) in [5.41, 5.74) is 7.01. The maximum Gasteiger partial charge on any atom is 0.143 e. The van der Waals surface area contributed by atoms with E-state index in [9.17, 15) is 0 Å². The topological polar surface area (TPSA) is 70.6 Å². The van der Waals surface area contributed by atoms with E-state index in [1.54, 1.807) is 0 Å². The van der Waals surface area contributed by atoms with Crippen molar-refractivity contribution in [3.8, 4) is 0 Å². The van der Waals surface area contributed by atoms with E-state index in [-0.39, 0.29) is 5.92 Å². The summed E-state index contributed by atoms with van der Waals surface area (Å²) >= 11 is 1.85. The highest BCUT2D eigenvalue weighted by molar-refractivity contribution is 7.10. The van der Waals surface area contributed by atoms with Crippen LogP contribution in [0.15, 0.2) is 16.6 Å². The highest BCUT2D eigenvalue weighted by Crippen LogP contribution is 2.33. The average molecular weight is 253 g/mol. The molecule has 2 unspecified atom stereocenters. The summed E-state index contributed by atoms with van der Waals surface area (Å²) in [6.07, 6.45) is 3.62. The van der Waals surface area contributed by atoms with E-state index >= 15 is 0 Å². The predicted molar refractivity (Wildman–Crippen MR) is 70.6 cm³/mol. The molecule has 0 radical (unpaired) electrons. The lowest BCUT2D eigenvalue weighted by Crippen LogP contribution is -2.34. The number of hydrogen-bond donors (Lipinski definition) is 3. The molecule has 0 spiro atoms. The third-order valence-electron chi connectivity index (χ3n) is 3.34. The number of aryl methyl sites for hydroxylation is 1. The zero-order chi connectivity index (χ0) is 12.3. The minimum absolute atomic E-state index is 0.0593. The first kappa shape index (κ1) is 12.4. The lowest BCUT2D eigenvalue weighted by Gasteiger charge is -2.25. The summed E-state index contributed by atoms with van der Waals surface area (Å²) in [6, 6.07) is 2.64. The fourth-order valence-electron chi connectivity index (χ4n) is 2.22. The summed E-state index contributed by atoms with van der Waals surface area (Å²) in [5, 5.41) is 17.3. The number of fused-ring (bicyclic) bond motifs is 1. The first-order valence-electron chi connectivity index (χ1n) is 5.99. The molecule has 4 nitrogen and oxygen atoms in total. The molecular formula is C12H19N3OS. The Labute approximate surface area is 106 Å². The fourth-order valence-corrected chi connectivity index (χ4v) is 3.21. The second-order valence-electron chi connectivity index (χ2n) is 4.58. The predicted octanol–water partition coefficient (Wildman–Crippen LogP) is 2.10. The van der Waals surface area contributed by atoms with Crippen LogP contribution in [0.4, 0.5) is 0 Å². The van der Waals surface area contributed by atoms with Crippen LogP contribution in [0.2, 0.25) is 0 Å². The first-order chi connectivity index (χ1) is 8.22. The molecule has 17 heavy (non-hydrogen) atoms. The third-order valence-corrected chi connectivity index (χ3v) is 4.34. The van der Waals surface area contributed by atoms with E-state index in [1.807, 2.05) is 18.3 Å². The van der Waals surface area contributed by atoms with E-state index < -0.39 is 0 Å². The SMILES string of the molecule is CC(CNC1CCCc2sccc21)/C(N)=N/O. The van der Waals surface area contributed by atoms with Gasteiger partial charge in [0.2, 0.25) is 0 Å². The zero-order valence-corrected chi connectivity index (χ0v) is 10.8. The molecule has 2 rings (SSSR count). The van der Waals surface area contributed by atoms with Crippen LogP contribution in [0.3, 0.4) is 0 Å². The molecule has 0 fully saturated rings. The van der Waals surface area contributed by atoms with E-state index in [2.05, 4.69) is 21.9 Å². The van der Waals surface area contributed by atoms with Gasteiger partial charge in [-0.1, -0.05) is 12.1 Å². The Morgan fingerprint density at radius 2 is 2.59 bits per heavy atom. The molecule has 1 aliphatic rings. The van der Waals surface area contributed by atoms with Crippen LogP contribution >= 0.6 is 11.3 Å². The van der Waals surface area contributed by atoms with Gasteiger partial charge in [-0.25, -0.2) is 0 Å². The minimum Gasteiger partial charge on any atom is -0.409 e. The number of hydrogen-bond acceptors (Lipinski definition) is 4. The van der Waals surface area contributed by atoms with Crippen molar-refractivity contribution in [1.29, 1.82) is 0 Å². The smallest absolute Gasteiger partial charge is 0.143 e. The van der Waals surface area contributed by atoms with Crippen LogP contribution < -0.4 is 11.1 Å². The fraction of sp³-hybridized carbons (Fsp3) is 0.583. The molecule has 0 aliphatic heterocycles. The summed E-state index contributed by atoms with van der Waals surface area (Å²) in [6.45, 7) is 2.70. The number of thiophene rings is 1. The van der Waals surface area contributed by atoms with Crippen molar-refractivity contribution in [2.75, 3.05) is 6.54 Å².